The van der Waals surface area contributed by atoms with Crippen molar-refractivity contribution in [1.82, 2.24) is 30.5 Å². The van der Waals surface area contributed by atoms with Gasteiger partial charge in [0, 0.05) is 11.8 Å². The van der Waals surface area contributed by atoms with Gasteiger partial charge in [0.1, 0.15) is 11.5 Å². The number of halogens is 2. The molecular formula is C24H22F2N8O. The van der Waals surface area contributed by atoms with Crippen molar-refractivity contribution in [3.63, 3.8) is 0 Å². The lowest BCUT2D eigenvalue weighted by molar-refractivity contribution is 0.233. The molecule has 1 fully saturated rings. The highest BCUT2D eigenvalue weighted by Gasteiger charge is 2.36. The second-order valence-corrected chi connectivity index (χ2v) is 8.50. The van der Waals surface area contributed by atoms with Crippen LogP contribution in [0.1, 0.15) is 31.2 Å². The molecule has 1 saturated carbocycles. The summed E-state index contributed by atoms with van der Waals surface area (Å²) in [6.45, 7) is 0. The number of hydrogen-bond donors (Lipinski definition) is 3. The molecule has 0 saturated heterocycles. The predicted octanol–water partition coefficient (Wildman–Crippen LogP) is 3.69. The van der Waals surface area contributed by atoms with E-state index in [0.717, 1.165) is 47.6 Å². The van der Waals surface area contributed by atoms with Crippen LogP contribution in [-0.4, -0.2) is 31.2 Å². The van der Waals surface area contributed by atoms with Crippen LogP contribution in [0.4, 0.5) is 19.4 Å². The van der Waals surface area contributed by atoms with Gasteiger partial charge >= 0.3 is 6.03 Å². The van der Waals surface area contributed by atoms with E-state index in [-0.39, 0.29) is 17.3 Å². The zero-order valence-corrected chi connectivity index (χ0v) is 18.6. The Balaban J connectivity index is 1.58. The topological polar surface area (TPSA) is 138 Å². The summed E-state index contributed by atoms with van der Waals surface area (Å²) in [7, 11) is 0. The van der Waals surface area contributed by atoms with Crippen LogP contribution in [-0.2, 0) is 5.54 Å². The lowest BCUT2D eigenvalue weighted by atomic mass is 9.86. The quantitative estimate of drug-likeness (QED) is 0.402. The van der Waals surface area contributed by atoms with Crippen molar-refractivity contribution in [2.75, 3.05) is 5.73 Å². The molecule has 0 atom stereocenters. The SMILES string of the molecule is NC(=O)NC1(c2cccc(-c3cnc(N)c(-c4nnnn4-c4cccc(F)c4F)c3)c2)CCCC1. The summed E-state index contributed by atoms with van der Waals surface area (Å²) >= 11 is 0. The van der Waals surface area contributed by atoms with Crippen molar-refractivity contribution < 1.29 is 13.6 Å². The van der Waals surface area contributed by atoms with Crippen molar-refractivity contribution in [1.29, 1.82) is 0 Å². The van der Waals surface area contributed by atoms with Crippen molar-refractivity contribution in [3.05, 3.63) is 71.9 Å². The second kappa shape index (κ2) is 8.75. The van der Waals surface area contributed by atoms with Gasteiger partial charge in [0.25, 0.3) is 0 Å². The number of nitrogens with two attached hydrogens (primary N) is 2. The average Bonchev–Trinajstić information content (AvgIpc) is 3.52. The maximum Gasteiger partial charge on any atom is 0.312 e. The van der Waals surface area contributed by atoms with Gasteiger partial charge in [-0.2, -0.15) is 4.68 Å². The number of pyridine rings is 1. The highest BCUT2D eigenvalue weighted by Crippen LogP contribution is 2.40. The van der Waals surface area contributed by atoms with Gasteiger partial charge in [0.05, 0.1) is 11.1 Å². The molecule has 0 spiro atoms. The molecule has 0 bridgehead atoms. The Bertz CT molecular complexity index is 1410. The first-order valence-electron chi connectivity index (χ1n) is 11.1. The number of carbonyl (C=O) groups is 1. The number of benzene rings is 2. The predicted molar refractivity (Wildman–Crippen MR) is 125 cm³/mol. The summed E-state index contributed by atoms with van der Waals surface area (Å²) in [5, 5.41) is 14.4. The largest absolute Gasteiger partial charge is 0.383 e. The van der Waals surface area contributed by atoms with Gasteiger partial charge in [-0.05, 0) is 58.7 Å². The van der Waals surface area contributed by atoms with E-state index >= 15 is 0 Å². The maximum atomic E-state index is 14.4. The molecule has 5 N–H and O–H groups in total. The number of carbonyl (C=O) groups excluding carboxylic acids is 1. The van der Waals surface area contributed by atoms with E-state index < -0.39 is 23.2 Å². The molecule has 1 aliphatic carbocycles. The van der Waals surface area contributed by atoms with Crippen molar-refractivity contribution >= 4 is 11.8 Å². The Morgan fingerprint density at radius 3 is 2.60 bits per heavy atom. The molecule has 4 aromatic rings. The summed E-state index contributed by atoms with van der Waals surface area (Å²) < 4.78 is 29.3. The van der Waals surface area contributed by atoms with Crippen LogP contribution < -0.4 is 16.8 Å². The van der Waals surface area contributed by atoms with Gasteiger partial charge < -0.3 is 16.8 Å². The van der Waals surface area contributed by atoms with E-state index in [2.05, 4.69) is 25.8 Å². The third kappa shape index (κ3) is 4.05. The third-order valence-electron chi connectivity index (χ3n) is 6.36. The van der Waals surface area contributed by atoms with E-state index in [1.54, 1.807) is 12.3 Å². The number of hydrogen-bond acceptors (Lipinski definition) is 6. The van der Waals surface area contributed by atoms with Gasteiger partial charge in [-0.15, -0.1) is 5.10 Å². The normalized spacial score (nSPS) is 14.7. The number of rotatable bonds is 5. The first kappa shape index (κ1) is 22.4. The standard InChI is InChI=1S/C24H22F2N8O/c25-18-7-4-8-19(20(18)26)34-22(31-32-33-34)17-12-15(13-29-21(17)27)14-5-3-6-16(11-14)24(30-23(28)35)9-1-2-10-24/h3-8,11-13H,1-2,9-10H2,(H2,27,29)(H3,28,30,35). The second-order valence-electron chi connectivity index (χ2n) is 8.50. The lowest BCUT2D eigenvalue weighted by Crippen LogP contribution is -2.46. The Kier molecular flexibility index (Phi) is 5.59. The third-order valence-corrected chi connectivity index (χ3v) is 6.36. The van der Waals surface area contributed by atoms with Crippen LogP contribution in [0.15, 0.2) is 54.7 Å². The summed E-state index contributed by atoms with van der Waals surface area (Å²) in [6, 6.07) is 12.7. The number of primary amides is 1. The number of amides is 2. The molecular weight excluding hydrogens is 454 g/mol. The monoisotopic (exact) mass is 476 g/mol. The minimum absolute atomic E-state index is 0.111. The number of aromatic nitrogens is 5. The van der Waals surface area contributed by atoms with Crippen molar-refractivity contribution in [2.24, 2.45) is 5.73 Å². The summed E-state index contributed by atoms with van der Waals surface area (Å²) in [6.07, 6.45) is 5.16. The first-order valence-corrected chi connectivity index (χ1v) is 11.1. The summed E-state index contributed by atoms with van der Waals surface area (Å²) in [5.41, 5.74) is 13.7. The van der Waals surface area contributed by atoms with E-state index in [0.29, 0.717) is 11.1 Å². The number of urea groups is 1. The molecule has 2 aromatic heterocycles. The molecule has 35 heavy (non-hydrogen) atoms. The summed E-state index contributed by atoms with van der Waals surface area (Å²) in [5.74, 6) is -1.87. The molecule has 0 unspecified atom stereocenters. The van der Waals surface area contributed by atoms with Crippen LogP contribution >= 0.6 is 0 Å². The fraction of sp³-hybridized carbons (Fsp3) is 0.208. The van der Waals surface area contributed by atoms with E-state index in [1.165, 1.54) is 12.1 Å². The molecule has 0 aliphatic heterocycles. The average molecular weight is 476 g/mol. The molecule has 0 radical (unpaired) electrons. The van der Waals surface area contributed by atoms with Gasteiger partial charge in [-0.3, -0.25) is 0 Å². The molecule has 2 aromatic carbocycles. The van der Waals surface area contributed by atoms with Gasteiger partial charge in [-0.1, -0.05) is 37.1 Å². The minimum Gasteiger partial charge on any atom is -0.383 e. The minimum atomic E-state index is -1.08. The van der Waals surface area contributed by atoms with E-state index in [9.17, 15) is 13.6 Å². The summed E-state index contributed by atoms with van der Waals surface area (Å²) in [4.78, 5) is 16.0. The van der Waals surface area contributed by atoms with E-state index in [4.69, 9.17) is 11.5 Å². The molecule has 2 amide bonds. The van der Waals surface area contributed by atoms with Crippen LogP contribution in [0.3, 0.4) is 0 Å². The Morgan fingerprint density at radius 1 is 1.06 bits per heavy atom. The Labute approximate surface area is 199 Å². The Hall–Kier alpha value is -4.41. The highest BCUT2D eigenvalue weighted by molar-refractivity contribution is 5.77. The Morgan fingerprint density at radius 2 is 1.83 bits per heavy atom. The smallest absolute Gasteiger partial charge is 0.312 e. The van der Waals surface area contributed by atoms with Crippen molar-refractivity contribution in [3.8, 4) is 28.2 Å². The first-order chi connectivity index (χ1) is 16.9. The molecule has 1 aliphatic rings. The zero-order valence-electron chi connectivity index (χ0n) is 18.6. The van der Waals surface area contributed by atoms with Crippen LogP contribution in [0.2, 0.25) is 0 Å². The van der Waals surface area contributed by atoms with Gasteiger partial charge in [0.2, 0.25) is 0 Å². The lowest BCUT2D eigenvalue weighted by Gasteiger charge is -2.30. The fourth-order valence-electron chi connectivity index (χ4n) is 4.68. The highest BCUT2D eigenvalue weighted by atomic mass is 19.2. The van der Waals surface area contributed by atoms with Crippen LogP contribution in [0, 0.1) is 11.6 Å². The number of nitrogen functional groups attached to an aromatic ring is 1. The van der Waals surface area contributed by atoms with Crippen LogP contribution in [0.5, 0.6) is 0 Å². The number of tetrazole rings is 1. The molecule has 9 nitrogen and oxygen atoms in total. The molecule has 178 valence electrons. The zero-order chi connectivity index (χ0) is 24.6. The molecule has 2 heterocycles. The number of anilines is 1. The fourth-order valence-corrected chi connectivity index (χ4v) is 4.68. The number of nitrogens with zero attached hydrogens (tertiary/aromatic N) is 5. The van der Waals surface area contributed by atoms with Gasteiger partial charge in [0.15, 0.2) is 17.5 Å². The van der Waals surface area contributed by atoms with Crippen LogP contribution in [0.25, 0.3) is 28.2 Å². The molecule has 5 rings (SSSR count). The van der Waals surface area contributed by atoms with Gasteiger partial charge in [-0.25, -0.2) is 18.6 Å². The number of nitrogens with one attached hydrogen (secondary N) is 1. The molecule has 11 heteroatoms. The van der Waals surface area contributed by atoms with Crippen molar-refractivity contribution in [2.45, 2.75) is 31.2 Å². The maximum absolute atomic E-state index is 14.4. The van der Waals surface area contributed by atoms with E-state index in [1.807, 2.05) is 24.3 Å².